The number of rotatable bonds is 6. The van der Waals surface area contributed by atoms with Crippen LogP contribution in [0, 0.1) is 11.3 Å². The number of quaternary nitrogens is 1. The van der Waals surface area contributed by atoms with Gasteiger partial charge < -0.3 is 10.3 Å². The molecule has 0 aliphatic carbocycles. The summed E-state index contributed by atoms with van der Waals surface area (Å²) < 4.78 is 42.0. The summed E-state index contributed by atoms with van der Waals surface area (Å²) in [5, 5.41) is 16.9. The van der Waals surface area contributed by atoms with Crippen molar-refractivity contribution in [1.82, 2.24) is 24.0 Å². The Kier molecular flexibility index (Phi) is 5.93. The molecule has 1 aliphatic heterocycles. The highest BCUT2D eigenvalue weighted by Gasteiger charge is 2.52. The van der Waals surface area contributed by atoms with E-state index in [0.29, 0.717) is 11.1 Å². The molecule has 0 saturated heterocycles. The van der Waals surface area contributed by atoms with Crippen LogP contribution in [0.25, 0.3) is 28.0 Å². The van der Waals surface area contributed by atoms with Crippen LogP contribution in [0.5, 0.6) is 0 Å². The SMILES string of the molecule is Cn1cc(-c2n[nH]c(=O)n2C2=C[N+](CCCN)(OC(=O)C(F)(F)F)c3cc(C#N)ccc32)c2ccccc21. The molecule has 1 aliphatic rings. The number of para-hydroxylation sites is 1. The lowest BCUT2D eigenvalue weighted by Gasteiger charge is -2.28. The topological polar surface area (TPSA) is 132 Å². The molecule has 4 aromatic rings. The van der Waals surface area contributed by atoms with Crippen LogP contribution in [0.2, 0.25) is 0 Å². The number of hydrogen-bond acceptors (Lipinski definition) is 6. The number of aromatic nitrogens is 4. The van der Waals surface area contributed by atoms with Crippen LogP contribution in [0.1, 0.15) is 17.5 Å². The van der Waals surface area contributed by atoms with Gasteiger partial charge in [0.2, 0.25) is 0 Å². The lowest BCUT2D eigenvalue weighted by molar-refractivity contribution is -0.226. The number of carbonyl (C=O) groups is 1. The fourth-order valence-electron chi connectivity index (χ4n) is 4.70. The van der Waals surface area contributed by atoms with E-state index in [1.807, 2.05) is 41.9 Å². The number of hydroxylamine groups is 2. The first-order valence-corrected chi connectivity index (χ1v) is 11.5. The van der Waals surface area contributed by atoms with Gasteiger partial charge in [-0.25, -0.2) is 19.3 Å². The highest BCUT2D eigenvalue weighted by atomic mass is 19.4. The molecule has 0 bridgehead atoms. The van der Waals surface area contributed by atoms with Crippen LogP contribution >= 0.6 is 0 Å². The maximum Gasteiger partial charge on any atom is 0.497 e. The second-order valence-corrected chi connectivity index (χ2v) is 8.75. The first-order chi connectivity index (χ1) is 18.1. The molecule has 0 spiro atoms. The standard InChI is InChI=1S/C25H20F3N7O3/c1-33-13-18(16-5-2-3-6-19(16)33)22-31-32-24(37)34(22)20-14-35(10-4-9-29,38-23(36)25(26,27)28)21-11-15(12-30)7-8-17(20)21/h2-3,5-8,11,13-14H,4,9-10,29H2,1H3/p+1. The number of benzene rings is 2. The third-order valence-corrected chi connectivity index (χ3v) is 6.36. The predicted octanol–water partition coefficient (Wildman–Crippen LogP) is 3.14. The number of fused-ring (bicyclic) bond motifs is 2. The number of H-pyrrole nitrogens is 1. The summed E-state index contributed by atoms with van der Waals surface area (Å²) in [6.45, 7) is -0.0766. The van der Waals surface area contributed by atoms with Crippen molar-refractivity contribution in [3.8, 4) is 17.5 Å². The molecule has 2 aromatic carbocycles. The quantitative estimate of drug-likeness (QED) is 0.373. The molecular weight excluding hydrogens is 503 g/mol. The van der Waals surface area contributed by atoms with Gasteiger partial charge in [-0.3, -0.25) is 4.84 Å². The number of aryl methyl sites for hydroxylation is 1. The zero-order valence-electron chi connectivity index (χ0n) is 20.0. The van der Waals surface area contributed by atoms with Gasteiger partial charge in [-0.05, 0) is 24.7 Å². The van der Waals surface area contributed by atoms with Gasteiger partial charge in [0.15, 0.2) is 17.7 Å². The summed E-state index contributed by atoms with van der Waals surface area (Å²) in [7, 11) is 1.83. The molecule has 38 heavy (non-hydrogen) atoms. The third-order valence-electron chi connectivity index (χ3n) is 6.36. The average molecular weight is 524 g/mol. The summed E-state index contributed by atoms with van der Waals surface area (Å²) in [4.78, 5) is 30.2. The molecular formula is C25H21F3N7O3+. The van der Waals surface area contributed by atoms with Crippen molar-refractivity contribution in [2.24, 2.45) is 12.8 Å². The van der Waals surface area contributed by atoms with E-state index < -0.39 is 22.5 Å². The highest BCUT2D eigenvalue weighted by Crippen LogP contribution is 2.44. The fraction of sp³-hybridized carbons (Fsp3) is 0.200. The number of nitriles is 1. The van der Waals surface area contributed by atoms with Gasteiger partial charge in [0, 0.05) is 42.2 Å². The van der Waals surface area contributed by atoms with E-state index in [-0.39, 0.29) is 42.3 Å². The van der Waals surface area contributed by atoms with Crippen LogP contribution in [0.4, 0.5) is 18.9 Å². The average Bonchev–Trinajstić information content (AvgIpc) is 3.53. The lowest BCUT2D eigenvalue weighted by Crippen LogP contribution is -2.48. The Morgan fingerprint density at radius 2 is 2.00 bits per heavy atom. The van der Waals surface area contributed by atoms with E-state index in [2.05, 4.69) is 10.2 Å². The Morgan fingerprint density at radius 1 is 1.24 bits per heavy atom. The second-order valence-electron chi connectivity index (χ2n) is 8.75. The van der Waals surface area contributed by atoms with E-state index in [4.69, 9.17) is 10.6 Å². The van der Waals surface area contributed by atoms with Crippen molar-refractivity contribution in [3.63, 3.8) is 0 Å². The van der Waals surface area contributed by atoms with Crippen molar-refractivity contribution in [3.05, 3.63) is 76.5 Å². The lowest BCUT2D eigenvalue weighted by atomic mass is 10.1. The smallest absolute Gasteiger partial charge is 0.350 e. The molecule has 1 atom stereocenters. The Labute approximate surface area is 213 Å². The van der Waals surface area contributed by atoms with E-state index in [9.17, 15) is 28.0 Å². The molecule has 13 heteroatoms. The van der Waals surface area contributed by atoms with Crippen LogP contribution in [-0.4, -0.2) is 44.6 Å². The molecule has 3 N–H and O–H groups in total. The van der Waals surface area contributed by atoms with E-state index in [1.165, 1.54) is 29.0 Å². The zero-order chi connectivity index (χ0) is 27.2. The minimum absolute atomic E-state index is 0.0852. The van der Waals surface area contributed by atoms with E-state index >= 15 is 0 Å². The van der Waals surface area contributed by atoms with E-state index in [1.54, 1.807) is 6.20 Å². The van der Waals surface area contributed by atoms with Crippen LogP contribution in [0.3, 0.4) is 0 Å². The Morgan fingerprint density at radius 3 is 2.71 bits per heavy atom. The molecule has 2 aromatic heterocycles. The van der Waals surface area contributed by atoms with Gasteiger partial charge in [-0.2, -0.15) is 23.5 Å². The van der Waals surface area contributed by atoms with Gasteiger partial charge in [-0.15, -0.1) is 0 Å². The summed E-state index contributed by atoms with van der Waals surface area (Å²) in [5.41, 5.74) is 7.10. The molecule has 3 heterocycles. The molecule has 0 fully saturated rings. The van der Waals surface area contributed by atoms with Gasteiger partial charge in [0.1, 0.15) is 12.2 Å². The van der Waals surface area contributed by atoms with E-state index in [0.717, 1.165) is 10.9 Å². The minimum Gasteiger partial charge on any atom is -0.350 e. The summed E-state index contributed by atoms with van der Waals surface area (Å²) >= 11 is 0. The Hall–Kier alpha value is -4.67. The van der Waals surface area contributed by atoms with Gasteiger partial charge in [0.05, 0.1) is 17.2 Å². The number of nitrogens with zero attached hydrogens (tertiary/aromatic N) is 5. The summed E-state index contributed by atoms with van der Waals surface area (Å²) in [6, 6.07) is 13.7. The summed E-state index contributed by atoms with van der Waals surface area (Å²) in [5.74, 6) is -2.22. The minimum atomic E-state index is -5.28. The molecule has 0 radical (unpaired) electrons. The van der Waals surface area contributed by atoms with Gasteiger partial charge in [0.25, 0.3) is 0 Å². The molecule has 0 saturated carbocycles. The number of carbonyl (C=O) groups excluding carboxylic acids is 1. The van der Waals surface area contributed by atoms with Crippen LogP contribution in [-0.2, 0) is 16.7 Å². The van der Waals surface area contributed by atoms with Crippen molar-refractivity contribution >= 4 is 28.3 Å². The van der Waals surface area contributed by atoms with Crippen molar-refractivity contribution in [2.75, 3.05) is 13.1 Å². The maximum absolute atomic E-state index is 13.3. The number of nitrogens with two attached hydrogens (primary N) is 1. The monoisotopic (exact) mass is 524 g/mol. The molecule has 1 unspecified atom stereocenters. The molecule has 5 rings (SSSR count). The highest BCUT2D eigenvalue weighted by molar-refractivity contribution is 5.96. The first kappa shape index (κ1) is 25.0. The number of halogens is 3. The number of aromatic amines is 1. The number of alkyl halides is 3. The van der Waals surface area contributed by atoms with Crippen molar-refractivity contribution in [2.45, 2.75) is 12.6 Å². The Bertz CT molecular complexity index is 1710. The zero-order valence-corrected chi connectivity index (χ0v) is 20.0. The van der Waals surface area contributed by atoms with Gasteiger partial charge in [-0.1, -0.05) is 22.8 Å². The largest absolute Gasteiger partial charge is 0.497 e. The predicted molar refractivity (Wildman–Crippen MR) is 132 cm³/mol. The molecule has 0 amide bonds. The van der Waals surface area contributed by atoms with Crippen LogP contribution < -0.4 is 16.1 Å². The first-order valence-electron chi connectivity index (χ1n) is 11.5. The molecule has 10 nitrogen and oxygen atoms in total. The van der Waals surface area contributed by atoms with Crippen LogP contribution in [0.15, 0.2) is 59.7 Å². The maximum atomic E-state index is 13.3. The normalized spacial score (nSPS) is 16.8. The fourth-order valence-corrected chi connectivity index (χ4v) is 4.70. The second kappa shape index (κ2) is 9.02. The Balaban J connectivity index is 1.77. The molecule has 194 valence electrons. The summed E-state index contributed by atoms with van der Waals surface area (Å²) in [6.07, 6.45) is -2.08. The van der Waals surface area contributed by atoms with Gasteiger partial charge >= 0.3 is 17.8 Å². The van der Waals surface area contributed by atoms with Crippen molar-refractivity contribution < 1.29 is 22.8 Å². The number of hydrogen-bond donors (Lipinski definition) is 2. The van der Waals surface area contributed by atoms with Crippen molar-refractivity contribution in [1.29, 1.82) is 5.26 Å². The number of nitrogens with one attached hydrogen (secondary N) is 1. The third kappa shape index (κ3) is 3.96.